The van der Waals surface area contributed by atoms with Gasteiger partial charge in [-0.2, -0.15) is 0 Å². The van der Waals surface area contributed by atoms with Gasteiger partial charge in [-0.25, -0.2) is 0 Å². The highest BCUT2D eigenvalue weighted by Gasteiger charge is 2.19. The van der Waals surface area contributed by atoms with Crippen molar-refractivity contribution in [1.29, 1.82) is 0 Å². The molecule has 0 spiro atoms. The van der Waals surface area contributed by atoms with E-state index in [0.29, 0.717) is 19.3 Å². The van der Waals surface area contributed by atoms with Crippen LogP contribution in [0.1, 0.15) is 265 Å². The second-order valence-electron chi connectivity index (χ2n) is 17.4. The van der Waals surface area contributed by atoms with Crippen molar-refractivity contribution in [3.63, 3.8) is 0 Å². The van der Waals surface area contributed by atoms with Crippen LogP contribution >= 0.6 is 0 Å². The van der Waals surface area contributed by atoms with Gasteiger partial charge in [0.2, 0.25) is 0 Å². The molecule has 0 heterocycles. The molecule has 1 atom stereocenters. The number of hydrogen-bond donors (Lipinski definition) is 0. The third-order valence-electron chi connectivity index (χ3n) is 11.3. The molecular weight excluding hydrogens is 757 g/mol. The normalized spacial score (nSPS) is 12.4. The lowest BCUT2D eigenvalue weighted by Crippen LogP contribution is -2.30. The molecule has 0 saturated heterocycles. The van der Waals surface area contributed by atoms with Crippen LogP contribution < -0.4 is 0 Å². The van der Waals surface area contributed by atoms with Gasteiger partial charge >= 0.3 is 17.9 Å². The number of ether oxygens (including phenoxy) is 3. The van der Waals surface area contributed by atoms with Crippen LogP contribution in [0.5, 0.6) is 0 Å². The maximum absolute atomic E-state index is 12.8. The Kier molecular flexibility index (Phi) is 47.9. The minimum atomic E-state index is -0.784. The lowest BCUT2D eigenvalue weighted by molar-refractivity contribution is -0.167. The third kappa shape index (κ3) is 48.3. The molecule has 0 aliphatic carbocycles. The summed E-state index contributed by atoms with van der Waals surface area (Å²) in [6, 6.07) is 0. The quantitative estimate of drug-likeness (QED) is 0.0263. The van der Waals surface area contributed by atoms with Crippen LogP contribution in [-0.4, -0.2) is 37.2 Å². The minimum absolute atomic E-state index is 0.0826. The van der Waals surface area contributed by atoms with Gasteiger partial charge in [-0.1, -0.05) is 236 Å². The van der Waals surface area contributed by atoms with Crippen LogP contribution in [0.2, 0.25) is 0 Å². The molecule has 0 radical (unpaired) electrons. The maximum atomic E-state index is 12.8. The number of carbonyl (C=O) groups is 3. The Hall–Kier alpha value is -2.63. The zero-order chi connectivity index (χ0) is 44.4. The molecule has 0 aliphatic heterocycles. The van der Waals surface area contributed by atoms with Crippen molar-refractivity contribution in [1.82, 2.24) is 0 Å². The van der Waals surface area contributed by atoms with Crippen molar-refractivity contribution in [2.75, 3.05) is 13.2 Å². The Morgan fingerprint density at radius 3 is 1.00 bits per heavy atom. The monoisotopic (exact) mass is 855 g/mol. The highest BCUT2D eigenvalue weighted by Crippen LogP contribution is 2.16. The molecular formula is C55H98O6. The van der Waals surface area contributed by atoms with Crippen LogP contribution in [0.15, 0.2) is 48.6 Å². The van der Waals surface area contributed by atoms with Gasteiger partial charge in [0, 0.05) is 19.3 Å². The van der Waals surface area contributed by atoms with E-state index in [1.165, 1.54) is 135 Å². The lowest BCUT2D eigenvalue weighted by atomic mass is 10.0. The fourth-order valence-electron chi connectivity index (χ4n) is 7.43. The molecule has 0 rings (SSSR count). The topological polar surface area (TPSA) is 78.9 Å². The first kappa shape index (κ1) is 58.4. The molecule has 354 valence electrons. The van der Waals surface area contributed by atoms with Gasteiger partial charge in [-0.3, -0.25) is 14.4 Å². The van der Waals surface area contributed by atoms with Crippen molar-refractivity contribution in [3.8, 4) is 0 Å². The van der Waals surface area contributed by atoms with Crippen LogP contribution in [0.3, 0.4) is 0 Å². The Bertz CT molecular complexity index is 1070. The highest BCUT2D eigenvalue weighted by atomic mass is 16.6. The number of allylic oxidation sites excluding steroid dienone is 8. The standard InChI is InChI=1S/C55H98O6/c1-4-7-10-13-16-19-21-23-25-27-28-30-31-33-36-39-42-45-48-54(57)60-51-52(50-59-53(56)47-44-41-38-35-18-15-12-9-6-3)61-55(58)49-46-43-40-37-34-32-29-26-24-22-20-17-14-11-8-5-2/h8,11,17,20,24,26,32,34,52H,4-7,9-10,12-16,18-19,21-23,25,27-31,33,35-51H2,1-3H3/b11-8-,20-17-,26-24-,34-32-. The summed E-state index contributed by atoms with van der Waals surface area (Å²) in [6.07, 6.45) is 59.6. The zero-order valence-corrected chi connectivity index (χ0v) is 40.4. The Morgan fingerprint density at radius 1 is 0.344 bits per heavy atom. The number of unbranched alkanes of at least 4 members (excludes halogenated alkanes) is 28. The van der Waals surface area contributed by atoms with Crippen molar-refractivity contribution < 1.29 is 28.6 Å². The molecule has 1 unspecified atom stereocenters. The van der Waals surface area contributed by atoms with E-state index < -0.39 is 6.10 Å². The van der Waals surface area contributed by atoms with E-state index in [2.05, 4.69) is 69.4 Å². The SMILES string of the molecule is CC/C=C\C/C=C\C/C=C\C/C=C\CCCCCC(=O)OC(COC(=O)CCCCCCCCCCC)COC(=O)CCCCCCCCCCCCCCCCCCCC. The van der Waals surface area contributed by atoms with E-state index >= 15 is 0 Å². The van der Waals surface area contributed by atoms with Gasteiger partial charge in [-0.05, 0) is 57.8 Å². The predicted molar refractivity (Wildman–Crippen MR) is 261 cm³/mol. The van der Waals surface area contributed by atoms with Gasteiger partial charge in [0.05, 0.1) is 0 Å². The van der Waals surface area contributed by atoms with Crippen molar-refractivity contribution >= 4 is 17.9 Å². The molecule has 0 aliphatic rings. The van der Waals surface area contributed by atoms with Crippen LogP contribution in [-0.2, 0) is 28.6 Å². The summed E-state index contributed by atoms with van der Waals surface area (Å²) in [4.78, 5) is 37.9. The van der Waals surface area contributed by atoms with Gasteiger partial charge in [0.15, 0.2) is 6.10 Å². The van der Waals surface area contributed by atoms with Gasteiger partial charge in [0.1, 0.15) is 13.2 Å². The van der Waals surface area contributed by atoms with E-state index in [1.54, 1.807) is 0 Å². The zero-order valence-electron chi connectivity index (χ0n) is 40.4. The summed E-state index contributed by atoms with van der Waals surface area (Å²) in [5.74, 6) is -0.907. The van der Waals surface area contributed by atoms with Crippen molar-refractivity contribution in [2.24, 2.45) is 0 Å². The van der Waals surface area contributed by atoms with Crippen LogP contribution in [0.25, 0.3) is 0 Å². The fourth-order valence-corrected chi connectivity index (χ4v) is 7.43. The molecule has 0 aromatic heterocycles. The first-order chi connectivity index (χ1) is 30.0. The summed E-state index contributed by atoms with van der Waals surface area (Å²) in [7, 11) is 0. The molecule has 6 heteroatoms. The first-order valence-corrected chi connectivity index (χ1v) is 26.1. The summed E-state index contributed by atoms with van der Waals surface area (Å²) in [5, 5.41) is 0. The minimum Gasteiger partial charge on any atom is -0.462 e. The Morgan fingerprint density at radius 2 is 0.639 bits per heavy atom. The summed E-state index contributed by atoms with van der Waals surface area (Å²) in [5.41, 5.74) is 0. The van der Waals surface area contributed by atoms with E-state index in [9.17, 15) is 14.4 Å². The predicted octanol–water partition coefficient (Wildman–Crippen LogP) is 17.1. The van der Waals surface area contributed by atoms with Gasteiger partial charge in [-0.15, -0.1) is 0 Å². The molecule has 0 aromatic carbocycles. The van der Waals surface area contributed by atoms with Gasteiger partial charge < -0.3 is 14.2 Å². The summed E-state index contributed by atoms with van der Waals surface area (Å²) >= 11 is 0. The molecule has 0 aromatic rings. The highest BCUT2D eigenvalue weighted by molar-refractivity contribution is 5.71. The first-order valence-electron chi connectivity index (χ1n) is 26.1. The van der Waals surface area contributed by atoms with E-state index in [4.69, 9.17) is 14.2 Å². The Labute approximate surface area is 378 Å². The van der Waals surface area contributed by atoms with Crippen molar-refractivity contribution in [3.05, 3.63) is 48.6 Å². The van der Waals surface area contributed by atoms with Crippen LogP contribution in [0.4, 0.5) is 0 Å². The molecule has 6 nitrogen and oxygen atoms in total. The smallest absolute Gasteiger partial charge is 0.306 e. The van der Waals surface area contributed by atoms with Crippen LogP contribution in [0, 0.1) is 0 Å². The second-order valence-corrected chi connectivity index (χ2v) is 17.4. The Balaban J connectivity index is 4.33. The maximum Gasteiger partial charge on any atom is 0.306 e. The molecule has 0 bridgehead atoms. The van der Waals surface area contributed by atoms with E-state index in [1.807, 2.05) is 0 Å². The number of hydrogen-bond acceptors (Lipinski definition) is 6. The number of esters is 3. The molecule has 0 saturated carbocycles. The van der Waals surface area contributed by atoms with Gasteiger partial charge in [0.25, 0.3) is 0 Å². The third-order valence-corrected chi connectivity index (χ3v) is 11.3. The molecule has 0 fully saturated rings. The van der Waals surface area contributed by atoms with Crippen molar-refractivity contribution in [2.45, 2.75) is 271 Å². The largest absolute Gasteiger partial charge is 0.462 e. The average molecular weight is 855 g/mol. The number of carbonyl (C=O) groups excluding carboxylic acids is 3. The van der Waals surface area contributed by atoms with E-state index in [0.717, 1.165) is 89.9 Å². The molecule has 0 N–H and O–H groups in total. The summed E-state index contributed by atoms with van der Waals surface area (Å²) in [6.45, 7) is 6.50. The molecule has 0 amide bonds. The fraction of sp³-hybridized carbons (Fsp3) is 0.800. The second kappa shape index (κ2) is 50.0. The molecule has 61 heavy (non-hydrogen) atoms. The lowest BCUT2D eigenvalue weighted by Gasteiger charge is -2.18. The average Bonchev–Trinajstić information content (AvgIpc) is 3.26. The summed E-state index contributed by atoms with van der Waals surface area (Å²) < 4.78 is 16.8. The number of rotatable bonds is 47. The van der Waals surface area contributed by atoms with E-state index in [-0.39, 0.29) is 31.1 Å².